The van der Waals surface area contributed by atoms with Crippen LogP contribution in [0.5, 0.6) is 0 Å². The molecule has 0 amide bonds. The number of ether oxygens (including phenoxy) is 1. The van der Waals surface area contributed by atoms with E-state index in [1.807, 2.05) is 16.9 Å². The first-order valence-corrected chi connectivity index (χ1v) is 7.65. The highest BCUT2D eigenvalue weighted by Crippen LogP contribution is 2.33. The van der Waals surface area contributed by atoms with Crippen LogP contribution >= 0.6 is 0 Å². The van der Waals surface area contributed by atoms with Crippen molar-refractivity contribution in [1.82, 2.24) is 15.1 Å². The number of nitrogens with one attached hydrogen (secondary N) is 1. The Morgan fingerprint density at radius 2 is 2.38 bits per heavy atom. The molecule has 0 radical (unpaired) electrons. The maximum atomic E-state index is 5.90. The molecular weight excluding hydrogens is 266 g/mol. The van der Waals surface area contributed by atoms with Gasteiger partial charge < -0.3 is 14.5 Å². The zero-order valence-electron chi connectivity index (χ0n) is 12.7. The summed E-state index contributed by atoms with van der Waals surface area (Å²) < 4.78 is 13.3. The Hall–Kier alpha value is -1.59. The summed E-state index contributed by atoms with van der Waals surface area (Å²) in [4.78, 5) is 0. The Bertz CT molecular complexity index is 576. The minimum Gasteiger partial charge on any atom is -0.468 e. The van der Waals surface area contributed by atoms with Crippen LogP contribution in [0, 0.1) is 12.8 Å². The minimum absolute atomic E-state index is 0.162. The van der Waals surface area contributed by atoms with Crippen molar-refractivity contribution in [3.8, 4) is 0 Å². The Morgan fingerprint density at radius 3 is 3.10 bits per heavy atom. The largest absolute Gasteiger partial charge is 0.468 e. The second kappa shape index (κ2) is 6.45. The van der Waals surface area contributed by atoms with Gasteiger partial charge in [0, 0.05) is 37.4 Å². The van der Waals surface area contributed by atoms with E-state index in [1.54, 1.807) is 6.26 Å². The summed E-state index contributed by atoms with van der Waals surface area (Å²) in [5.74, 6) is 1.51. The number of hydrogen-bond acceptors (Lipinski definition) is 4. The molecule has 2 aromatic heterocycles. The second-order valence-electron chi connectivity index (χ2n) is 5.63. The molecular formula is C16H23N3O2. The van der Waals surface area contributed by atoms with E-state index in [1.165, 1.54) is 11.1 Å². The van der Waals surface area contributed by atoms with Crippen molar-refractivity contribution in [2.75, 3.05) is 13.2 Å². The molecule has 0 spiro atoms. The standard InChI is InChI=1S/C16H23N3O2/c1-3-19-11-14(9-18-19)16-13(5-7-21-16)8-17-10-15-12(2)4-6-20-15/h4,6,9,11,13,16-17H,3,5,7-8,10H2,1-2H3/t13-,16-/m1/s1. The monoisotopic (exact) mass is 289 g/mol. The van der Waals surface area contributed by atoms with Gasteiger partial charge in [0.15, 0.2) is 0 Å². The topological polar surface area (TPSA) is 52.2 Å². The number of rotatable bonds is 6. The van der Waals surface area contributed by atoms with Crippen molar-refractivity contribution in [1.29, 1.82) is 0 Å². The normalized spacial score (nSPS) is 22.0. The molecule has 0 bridgehead atoms. The number of nitrogens with zero attached hydrogens (tertiary/aromatic N) is 2. The zero-order chi connectivity index (χ0) is 14.7. The predicted octanol–water partition coefficient (Wildman–Crippen LogP) is 2.67. The molecule has 1 saturated heterocycles. The fraction of sp³-hybridized carbons (Fsp3) is 0.562. The van der Waals surface area contributed by atoms with E-state index in [9.17, 15) is 0 Å². The van der Waals surface area contributed by atoms with Crippen LogP contribution in [-0.2, 0) is 17.8 Å². The third-order valence-electron chi connectivity index (χ3n) is 4.18. The van der Waals surface area contributed by atoms with E-state index in [2.05, 4.69) is 30.5 Å². The maximum Gasteiger partial charge on any atom is 0.120 e. The third-order valence-corrected chi connectivity index (χ3v) is 4.18. The molecule has 1 aliphatic heterocycles. The first-order valence-electron chi connectivity index (χ1n) is 7.65. The quantitative estimate of drug-likeness (QED) is 0.888. The number of aromatic nitrogens is 2. The van der Waals surface area contributed by atoms with Crippen LogP contribution in [0.4, 0.5) is 0 Å². The third kappa shape index (κ3) is 3.19. The highest BCUT2D eigenvalue weighted by Gasteiger charge is 2.30. The summed E-state index contributed by atoms with van der Waals surface area (Å²) in [7, 11) is 0. The molecule has 21 heavy (non-hydrogen) atoms. The van der Waals surface area contributed by atoms with E-state index in [0.29, 0.717) is 5.92 Å². The van der Waals surface area contributed by atoms with Crippen LogP contribution in [0.1, 0.15) is 36.3 Å². The van der Waals surface area contributed by atoms with Gasteiger partial charge in [-0.1, -0.05) is 0 Å². The first-order chi connectivity index (χ1) is 10.3. The van der Waals surface area contributed by atoms with E-state index < -0.39 is 0 Å². The number of aryl methyl sites for hydroxylation is 2. The van der Waals surface area contributed by atoms with Gasteiger partial charge >= 0.3 is 0 Å². The lowest BCUT2D eigenvalue weighted by Gasteiger charge is -2.17. The van der Waals surface area contributed by atoms with Crippen LogP contribution in [0.25, 0.3) is 0 Å². The minimum atomic E-state index is 0.162. The van der Waals surface area contributed by atoms with Crippen LogP contribution in [0.15, 0.2) is 29.1 Å². The van der Waals surface area contributed by atoms with Crippen LogP contribution in [0.2, 0.25) is 0 Å². The summed E-state index contributed by atoms with van der Waals surface area (Å²) in [6.45, 7) is 7.60. The molecule has 5 heteroatoms. The molecule has 1 fully saturated rings. The summed E-state index contributed by atoms with van der Waals surface area (Å²) in [6, 6.07) is 2.00. The van der Waals surface area contributed by atoms with Gasteiger partial charge in [-0.25, -0.2) is 0 Å². The molecule has 0 saturated carbocycles. The van der Waals surface area contributed by atoms with E-state index in [0.717, 1.165) is 38.4 Å². The van der Waals surface area contributed by atoms with Crippen LogP contribution < -0.4 is 5.32 Å². The fourth-order valence-electron chi connectivity index (χ4n) is 2.87. The summed E-state index contributed by atoms with van der Waals surface area (Å²) >= 11 is 0. The highest BCUT2D eigenvalue weighted by atomic mass is 16.5. The van der Waals surface area contributed by atoms with Crippen LogP contribution in [-0.4, -0.2) is 22.9 Å². The second-order valence-corrected chi connectivity index (χ2v) is 5.63. The Kier molecular flexibility index (Phi) is 4.41. The molecule has 1 N–H and O–H groups in total. The molecule has 0 aliphatic carbocycles. The van der Waals surface area contributed by atoms with E-state index in [-0.39, 0.29) is 6.10 Å². The Morgan fingerprint density at radius 1 is 1.48 bits per heavy atom. The average Bonchev–Trinajstić information content (AvgIpc) is 3.20. The summed E-state index contributed by atoms with van der Waals surface area (Å²) in [5.41, 5.74) is 2.39. The number of hydrogen-bond donors (Lipinski definition) is 1. The van der Waals surface area contributed by atoms with Crippen molar-refractivity contribution in [3.05, 3.63) is 41.6 Å². The highest BCUT2D eigenvalue weighted by molar-refractivity contribution is 5.14. The van der Waals surface area contributed by atoms with Crippen molar-refractivity contribution >= 4 is 0 Å². The SMILES string of the molecule is CCn1cc([C@@H]2OCC[C@@H]2CNCc2occc2C)cn1. The Balaban J connectivity index is 1.55. The van der Waals surface area contributed by atoms with Crippen molar-refractivity contribution < 1.29 is 9.15 Å². The van der Waals surface area contributed by atoms with Gasteiger partial charge in [0.25, 0.3) is 0 Å². The molecule has 5 nitrogen and oxygen atoms in total. The van der Waals surface area contributed by atoms with Crippen molar-refractivity contribution in [2.24, 2.45) is 5.92 Å². The molecule has 2 aromatic rings. The summed E-state index contributed by atoms with van der Waals surface area (Å²) in [6.07, 6.45) is 7.03. The smallest absolute Gasteiger partial charge is 0.120 e. The summed E-state index contributed by atoms with van der Waals surface area (Å²) in [5, 5.41) is 7.84. The van der Waals surface area contributed by atoms with E-state index in [4.69, 9.17) is 9.15 Å². The first kappa shape index (κ1) is 14.4. The number of furan rings is 1. The van der Waals surface area contributed by atoms with E-state index >= 15 is 0 Å². The lowest BCUT2D eigenvalue weighted by Crippen LogP contribution is -2.24. The van der Waals surface area contributed by atoms with Crippen LogP contribution in [0.3, 0.4) is 0 Å². The zero-order valence-corrected chi connectivity index (χ0v) is 12.7. The molecule has 3 rings (SSSR count). The molecule has 1 aliphatic rings. The lowest BCUT2D eigenvalue weighted by molar-refractivity contribution is 0.0902. The van der Waals surface area contributed by atoms with Gasteiger partial charge in [0.1, 0.15) is 5.76 Å². The van der Waals surface area contributed by atoms with Gasteiger partial charge in [-0.05, 0) is 31.9 Å². The molecule has 2 atom stereocenters. The molecule has 0 aromatic carbocycles. The molecule has 114 valence electrons. The van der Waals surface area contributed by atoms with Crippen molar-refractivity contribution in [2.45, 2.75) is 39.5 Å². The fourth-order valence-corrected chi connectivity index (χ4v) is 2.87. The van der Waals surface area contributed by atoms with Gasteiger partial charge in [-0.3, -0.25) is 4.68 Å². The molecule has 3 heterocycles. The molecule has 0 unspecified atom stereocenters. The van der Waals surface area contributed by atoms with Crippen molar-refractivity contribution in [3.63, 3.8) is 0 Å². The lowest BCUT2D eigenvalue weighted by atomic mass is 9.97. The predicted molar refractivity (Wildman–Crippen MR) is 79.9 cm³/mol. The average molecular weight is 289 g/mol. The van der Waals surface area contributed by atoms with Gasteiger partial charge in [0.05, 0.1) is 25.1 Å². The van der Waals surface area contributed by atoms with Gasteiger partial charge in [-0.2, -0.15) is 5.10 Å². The van der Waals surface area contributed by atoms with Gasteiger partial charge in [-0.15, -0.1) is 0 Å². The maximum absolute atomic E-state index is 5.90. The van der Waals surface area contributed by atoms with Gasteiger partial charge in [0.2, 0.25) is 0 Å². The Labute approximate surface area is 125 Å².